The minimum atomic E-state index is -0.340. The van der Waals surface area contributed by atoms with E-state index in [0.29, 0.717) is 41.7 Å². The quantitative estimate of drug-likeness (QED) is 0.797. The second kappa shape index (κ2) is 7.23. The zero-order valence-corrected chi connectivity index (χ0v) is 13.5. The number of fused-ring (bicyclic) bond motifs is 1. The van der Waals surface area contributed by atoms with E-state index in [-0.39, 0.29) is 11.9 Å². The largest absolute Gasteiger partial charge is 0.491 e. The molecule has 0 atom stereocenters. The summed E-state index contributed by atoms with van der Waals surface area (Å²) in [7, 11) is 0. The van der Waals surface area contributed by atoms with Crippen molar-refractivity contribution in [2.45, 2.75) is 13.0 Å². The molecule has 0 saturated carbocycles. The topological polar surface area (TPSA) is 79.5 Å². The van der Waals surface area contributed by atoms with Crippen molar-refractivity contribution in [3.63, 3.8) is 0 Å². The fourth-order valence-corrected chi connectivity index (χ4v) is 2.49. The van der Waals surface area contributed by atoms with Crippen molar-refractivity contribution >= 4 is 34.9 Å². The molecule has 1 aliphatic heterocycles. The molecule has 0 saturated heterocycles. The summed E-state index contributed by atoms with van der Waals surface area (Å²) in [4.78, 5) is 23.5. The molecule has 0 unspecified atom stereocenters. The lowest BCUT2D eigenvalue weighted by molar-refractivity contribution is -0.116. The highest BCUT2D eigenvalue weighted by molar-refractivity contribution is 6.30. The van der Waals surface area contributed by atoms with Gasteiger partial charge in [-0.15, -0.1) is 0 Å². The Hall–Kier alpha value is -2.73. The van der Waals surface area contributed by atoms with Crippen LogP contribution in [0.3, 0.4) is 0 Å². The van der Waals surface area contributed by atoms with Crippen LogP contribution in [-0.2, 0) is 11.3 Å². The van der Waals surface area contributed by atoms with Gasteiger partial charge in [0, 0.05) is 17.3 Å². The summed E-state index contributed by atoms with van der Waals surface area (Å²) in [5.41, 5.74) is 2.08. The molecular formula is C17H16ClN3O3. The number of nitrogens with one attached hydrogen (secondary N) is 3. The molecule has 0 radical (unpaired) electrons. The van der Waals surface area contributed by atoms with E-state index in [2.05, 4.69) is 16.0 Å². The number of amides is 3. The zero-order chi connectivity index (χ0) is 16.9. The highest BCUT2D eigenvalue weighted by Crippen LogP contribution is 2.28. The average molecular weight is 346 g/mol. The molecule has 0 aromatic heterocycles. The second-order valence-electron chi connectivity index (χ2n) is 5.30. The van der Waals surface area contributed by atoms with Crippen molar-refractivity contribution in [3.05, 3.63) is 53.1 Å². The number of hydrogen-bond donors (Lipinski definition) is 3. The lowest BCUT2D eigenvalue weighted by atomic mass is 10.2. The van der Waals surface area contributed by atoms with Gasteiger partial charge < -0.3 is 20.7 Å². The molecule has 0 spiro atoms. The first-order valence-electron chi connectivity index (χ1n) is 7.46. The summed E-state index contributed by atoms with van der Waals surface area (Å²) in [6.07, 6.45) is 0.324. The van der Waals surface area contributed by atoms with Crippen molar-refractivity contribution in [2.75, 3.05) is 17.2 Å². The summed E-state index contributed by atoms with van der Waals surface area (Å²) < 4.78 is 5.49. The molecule has 3 N–H and O–H groups in total. The summed E-state index contributed by atoms with van der Waals surface area (Å²) in [6.45, 7) is 0.675. The number of ether oxygens (including phenoxy) is 1. The van der Waals surface area contributed by atoms with Gasteiger partial charge in [0.1, 0.15) is 5.75 Å². The first-order valence-corrected chi connectivity index (χ1v) is 7.84. The van der Waals surface area contributed by atoms with Crippen molar-refractivity contribution in [1.29, 1.82) is 0 Å². The van der Waals surface area contributed by atoms with Crippen molar-refractivity contribution in [2.24, 2.45) is 0 Å². The number of benzene rings is 2. The standard InChI is InChI=1S/C17H16ClN3O3/c18-12-2-1-3-13(9-12)20-17(23)19-10-11-4-5-15-14(8-11)21-16(22)6-7-24-15/h1-5,8-9H,6-7,10H2,(H,21,22)(H2,19,20,23). The van der Waals surface area contributed by atoms with E-state index in [4.69, 9.17) is 16.3 Å². The molecular weight excluding hydrogens is 330 g/mol. The van der Waals surface area contributed by atoms with E-state index in [1.807, 2.05) is 6.07 Å². The summed E-state index contributed by atoms with van der Waals surface area (Å²) in [5.74, 6) is 0.547. The minimum Gasteiger partial charge on any atom is -0.491 e. The smallest absolute Gasteiger partial charge is 0.319 e. The fourth-order valence-electron chi connectivity index (χ4n) is 2.30. The molecule has 7 heteroatoms. The van der Waals surface area contributed by atoms with Gasteiger partial charge in [-0.3, -0.25) is 4.79 Å². The van der Waals surface area contributed by atoms with Gasteiger partial charge in [0.15, 0.2) is 0 Å². The molecule has 0 aliphatic carbocycles. The Kier molecular flexibility index (Phi) is 4.86. The second-order valence-corrected chi connectivity index (χ2v) is 5.73. The molecule has 0 bridgehead atoms. The van der Waals surface area contributed by atoms with Gasteiger partial charge in [-0.1, -0.05) is 23.7 Å². The molecule has 2 aromatic carbocycles. The fraction of sp³-hybridized carbons (Fsp3) is 0.176. The minimum absolute atomic E-state index is 0.0856. The van der Waals surface area contributed by atoms with E-state index in [1.165, 1.54) is 0 Å². The van der Waals surface area contributed by atoms with E-state index in [9.17, 15) is 9.59 Å². The zero-order valence-electron chi connectivity index (χ0n) is 12.8. The van der Waals surface area contributed by atoms with Crippen LogP contribution < -0.4 is 20.7 Å². The van der Waals surface area contributed by atoms with Crippen LogP contribution in [0, 0.1) is 0 Å². The van der Waals surface area contributed by atoms with E-state index in [1.54, 1.807) is 36.4 Å². The maximum absolute atomic E-state index is 11.9. The Bertz CT molecular complexity index is 779. The van der Waals surface area contributed by atoms with Gasteiger partial charge in [0.25, 0.3) is 0 Å². The lowest BCUT2D eigenvalue weighted by Crippen LogP contribution is -2.28. The summed E-state index contributed by atoms with van der Waals surface area (Å²) in [6, 6.07) is 12.0. The summed E-state index contributed by atoms with van der Waals surface area (Å²) >= 11 is 5.88. The number of rotatable bonds is 3. The Morgan fingerprint density at radius 3 is 2.96 bits per heavy atom. The van der Waals surface area contributed by atoms with Gasteiger partial charge in [0.2, 0.25) is 5.91 Å². The van der Waals surface area contributed by atoms with Crippen LogP contribution in [0.1, 0.15) is 12.0 Å². The predicted octanol–water partition coefficient (Wildman–Crippen LogP) is 3.38. The third kappa shape index (κ3) is 4.17. The number of hydrogen-bond acceptors (Lipinski definition) is 3. The van der Waals surface area contributed by atoms with Crippen molar-refractivity contribution in [1.82, 2.24) is 5.32 Å². The van der Waals surface area contributed by atoms with Crippen molar-refractivity contribution < 1.29 is 14.3 Å². The lowest BCUT2D eigenvalue weighted by Gasteiger charge is -2.11. The van der Waals surface area contributed by atoms with Gasteiger partial charge in [-0.25, -0.2) is 4.79 Å². The average Bonchev–Trinajstić information content (AvgIpc) is 2.73. The Morgan fingerprint density at radius 1 is 1.25 bits per heavy atom. The third-order valence-electron chi connectivity index (χ3n) is 3.44. The molecule has 124 valence electrons. The van der Waals surface area contributed by atoms with E-state index < -0.39 is 0 Å². The Balaban J connectivity index is 1.60. The molecule has 24 heavy (non-hydrogen) atoms. The highest BCUT2D eigenvalue weighted by atomic mass is 35.5. The van der Waals surface area contributed by atoms with Crippen LogP contribution in [0.25, 0.3) is 0 Å². The van der Waals surface area contributed by atoms with E-state index in [0.717, 1.165) is 5.56 Å². The van der Waals surface area contributed by atoms with Gasteiger partial charge in [-0.2, -0.15) is 0 Å². The molecule has 0 fully saturated rings. The molecule has 1 heterocycles. The number of carbonyl (C=O) groups is 2. The number of anilines is 2. The van der Waals surface area contributed by atoms with Crippen molar-refractivity contribution in [3.8, 4) is 5.75 Å². The predicted molar refractivity (Wildman–Crippen MR) is 92.5 cm³/mol. The molecule has 2 aromatic rings. The third-order valence-corrected chi connectivity index (χ3v) is 3.68. The van der Waals surface area contributed by atoms with Crippen LogP contribution in [0.15, 0.2) is 42.5 Å². The monoisotopic (exact) mass is 345 g/mol. The Morgan fingerprint density at radius 2 is 2.12 bits per heavy atom. The van der Waals surface area contributed by atoms with E-state index >= 15 is 0 Å². The molecule has 1 aliphatic rings. The number of halogens is 1. The normalized spacial score (nSPS) is 13.1. The maximum Gasteiger partial charge on any atom is 0.319 e. The maximum atomic E-state index is 11.9. The van der Waals surface area contributed by atoms with Crippen LogP contribution in [0.2, 0.25) is 5.02 Å². The van der Waals surface area contributed by atoms with Gasteiger partial charge in [0.05, 0.1) is 18.7 Å². The first-order chi connectivity index (χ1) is 11.6. The molecule has 3 amide bonds. The Labute approximate surface area is 144 Å². The van der Waals surface area contributed by atoms with Crippen LogP contribution in [-0.4, -0.2) is 18.5 Å². The SMILES string of the molecule is O=C1CCOc2ccc(CNC(=O)Nc3cccc(Cl)c3)cc2N1. The number of urea groups is 1. The van der Waals surface area contributed by atoms with Crippen LogP contribution in [0.4, 0.5) is 16.2 Å². The van der Waals surface area contributed by atoms with Crippen LogP contribution >= 0.6 is 11.6 Å². The molecule has 3 rings (SSSR count). The molecule has 6 nitrogen and oxygen atoms in total. The number of carbonyl (C=O) groups excluding carboxylic acids is 2. The summed E-state index contributed by atoms with van der Waals surface area (Å²) in [5, 5.41) is 8.80. The highest BCUT2D eigenvalue weighted by Gasteiger charge is 2.14. The van der Waals surface area contributed by atoms with Gasteiger partial charge in [-0.05, 0) is 35.9 Å². The first kappa shape index (κ1) is 16.1. The van der Waals surface area contributed by atoms with Gasteiger partial charge >= 0.3 is 6.03 Å². The van der Waals surface area contributed by atoms with Crippen LogP contribution in [0.5, 0.6) is 5.75 Å².